The van der Waals surface area contributed by atoms with Crippen molar-refractivity contribution in [3.05, 3.63) is 0 Å². The average Bonchev–Trinajstić information content (AvgIpc) is 2.80. The van der Waals surface area contributed by atoms with Crippen LogP contribution >= 0.6 is 12.4 Å². The second-order valence-corrected chi connectivity index (χ2v) is 3.80. The molecule has 1 saturated carbocycles. The summed E-state index contributed by atoms with van der Waals surface area (Å²) in [5, 5.41) is 0. The van der Waals surface area contributed by atoms with Gasteiger partial charge in [0.1, 0.15) is 12.5 Å². The minimum Gasteiger partial charge on any atom is -0.446 e. The van der Waals surface area contributed by atoms with Crippen molar-refractivity contribution in [2.45, 2.75) is 39.1 Å². The topological polar surface area (TPSA) is 105 Å². The fourth-order valence-electron chi connectivity index (χ4n) is 1.18. The largest absolute Gasteiger partial charge is 0.446 e. The van der Waals surface area contributed by atoms with Crippen molar-refractivity contribution in [2.75, 3.05) is 0 Å². The first-order valence-corrected chi connectivity index (χ1v) is 4.82. The highest BCUT2D eigenvalue weighted by Crippen LogP contribution is 2.48. The van der Waals surface area contributed by atoms with Gasteiger partial charge in [0, 0.05) is 0 Å². The molecule has 0 radical (unpaired) electrons. The van der Waals surface area contributed by atoms with E-state index in [4.69, 9.17) is 20.9 Å². The molecule has 0 heterocycles. The monoisotopic (exact) mass is 252 g/mol. The molecule has 0 aliphatic heterocycles. The average molecular weight is 253 g/mol. The minimum atomic E-state index is -1.15. The maximum absolute atomic E-state index is 11.5. The zero-order chi connectivity index (χ0) is 11.6. The van der Waals surface area contributed by atoms with Crippen LogP contribution in [0.5, 0.6) is 0 Å². The Hall–Kier alpha value is -0.850. The summed E-state index contributed by atoms with van der Waals surface area (Å²) in [5.74, 6) is -1.24. The first-order chi connectivity index (χ1) is 6.88. The van der Waals surface area contributed by atoms with E-state index in [9.17, 15) is 9.59 Å². The standard InChI is InChI=1S/C9H16N2O4.ClH/c1-5(10)14-7(12)9(3-4-9)8(13)15-6(2)11;/h5-6H,3-4,10-11H2,1-2H3;1H. The van der Waals surface area contributed by atoms with Crippen LogP contribution in [-0.4, -0.2) is 24.4 Å². The lowest BCUT2D eigenvalue weighted by atomic mass is 10.1. The lowest BCUT2D eigenvalue weighted by Crippen LogP contribution is -2.37. The molecule has 16 heavy (non-hydrogen) atoms. The summed E-state index contributed by atoms with van der Waals surface area (Å²) in [6.45, 7) is 3.04. The van der Waals surface area contributed by atoms with Crippen LogP contribution in [0.15, 0.2) is 0 Å². The van der Waals surface area contributed by atoms with Crippen LogP contribution < -0.4 is 11.5 Å². The molecule has 0 aromatic rings. The molecular formula is C9H17ClN2O4. The Labute approximate surface area is 100 Å². The molecule has 0 aromatic heterocycles. The Bertz CT molecular complexity index is 253. The molecule has 0 aromatic carbocycles. The Morgan fingerprint density at radius 2 is 1.38 bits per heavy atom. The third kappa shape index (κ3) is 3.33. The molecule has 94 valence electrons. The van der Waals surface area contributed by atoms with Gasteiger partial charge in [-0.3, -0.25) is 21.1 Å². The van der Waals surface area contributed by atoms with E-state index in [-0.39, 0.29) is 12.4 Å². The predicted octanol–water partition coefficient (Wildman–Crippen LogP) is -0.116. The van der Waals surface area contributed by atoms with Crippen LogP contribution in [0.25, 0.3) is 0 Å². The molecule has 0 spiro atoms. The summed E-state index contributed by atoms with van der Waals surface area (Å²) >= 11 is 0. The number of esters is 2. The van der Waals surface area contributed by atoms with Crippen molar-refractivity contribution in [1.82, 2.24) is 0 Å². The summed E-state index contributed by atoms with van der Waals surface area (Å²) in [6, 6.07) is 0. The van der Waals surface area contributed by atoms with Gasteiger partial charge in [0.15, 0.2) is 5.41 Å². The number of nitrogens with two attached hydrogens (primary N) is 2. The van der Waals surface area contributed by atoms with Gasteiger partial charge in [-0.15, -0.1) is 12.4 Å². The summed E-state index contributed by atoms with van der Waals surface area (Å²) in [7, 11) is 0. The predicted molar refractivity (Wildman–Crippen MR) is 58.4 cm³/mol. The number of hydrogen-bond donors (Lipinski definition) is 2. The SMILES string of the molecule is CC(N)OC(=O)C1(C(=O)OC(C)N)CC1.Cl. The Morgan fingerprint density at radius 3 is 1.56 bits per heavy atom. The fraction of sp³-hybridized carbons (Fsp3) is 0.778. The molecule has 7 heteroatoms. The number of carbonyl (C=O) groups is 2. The maximum Gasteiger partial charge on any atom is 0.325 e. The van der Waals surface area contributed by atoms with Crippen LogP contribution in [-0.2, 0) is 19.1 Å². The molecule has 1 fully saturated rings. The highest BCUT2D eigenvalue weighted by Gasteiger charge is 2.60. The van der Waals surface area contributed by atoms with E-state index in [2.05, 4.69) is 0 Å². The van der Waals surface area contributed by atoms with E-state index in [1.165, 1.54) is 13.8 Å². The highest BCUT2D eigenvalue weighted by atomic mass is 35.5. The van der Waals surface area contributed by atoms with Crippen molar-refractivity contribution < 1.29 is 19.1 Å². The maximum atomic E-state index is 11.5. The van der Waals surface area contributed by atoms with Crippen molar-refractivity contribution in [3.8, 4) is 0 Å². The number of halogens is 1. The molecule has 0 amide bonds. The smallest absolute Gasteiger partial charge is 0.325 e. The fourth-order valence-corrected chi connectivity index (χ4v) is 1.18. The van der Waals surface area contributed by atoms with Crippen LogP contribution in [0, 0.1) is 5.41 Å². The van der Waals surface area contributed by atoms with Gasteiger partial charge in [-0.1, -0.05) is 0 Å². The molecule has 1 rings (SSSR count). The Kier molecular flexibility index (Phi) is 5.18. The van der Waals surface area contributed by atoms with Gasteiger partial charge in [0.2, 0.25) is 0 Å². The van der Waals surface area contributed by atoms with Crippen molar-refractivity contribution in [2.24, 2.45) is 16.9 Å². The second-order valence-electron chi connectivity index (χ2n) is 3.80. The summed E-state index contributed by atoms with van der Waals surface area (Å²) in [6.07, 6.45) is -0.579. The second kappa shape index (κ2) is 5.47. The zero-order valence-electron chi connectivity index (χ0n) is 9.26. The first kappa shape index (κ1) is 15.2. The van der Waals surface area contributed by atoms with Gasteiger partial charge in [0.25, 0.3) is 0 Å². The number of hydrogen-bond acceptors (Lipinski definition) is 6. The quantitative estimate of drug-likeness (QED) is 0.411. The normalized spacial score (nSPS) is 20.0. The van der Waals surface area contributed by atoms with E-state index >= 15 is 0 Å². The van der Waals surface area contributed by atoms with E-state index in [1.54, 1.807) is 0 Å². The minimum absolute atomic E-state index is 0. The molecule has 6 nitrogen and oxygen atoms in total. The van der Waals surface area contributed by atoms with E-state index in [1.807, 2.05) is 0 Å². The van der Waals surface area contributed by atoms with Crippen molar-refractivity contribution in [1.29, 1.82) is 0 Å². The third-order valence-corrected chi connectivity index (χ3v) is 2.12. The summed E-state index contributed by atoms with van der Waals surface area (Å²) in [5.41, 5.74) is 9.45. The van der Waals surface area contributed by atoms with Crippen molar-refractivity contribution >= 4 is 24.3 Å². The van der Waals surface area contributed by atoms with Crippen LogP contribution in [0.3, 0.4) is 0 Å². The van der Waals surface area contributed by atoms with E-state index in [0.717, 1.165) is 0 Å². The van der Waals surface area contributed by atoms with Crippen molar-refractivity contribution in [3.63, 3.8) is 0 Å². The molecule has 1 aliphatic carbocycles. The van der Waals surface area contributed by atoms with Gasteiger partial charge in [-0.2, -0.15) is 0 Å². The number of carbonyl (C=O) groups excluding carboxylic acids is 2. The van der Waals surface area contributed by atoms with Gasteiger partial charge < -0.3 is 9.47 Å². The summed E-state index contributed by atoms with van der Waals surface area (Å²) in [4.78, 5) is 23.0. The number of ether oxygens (including phenoxy) is 2. The van der Waals surface area contributed by atoms with Gasteiger partial charge >= 0.3 is 11.9 Å². The van der Waals surface area contributed by atoms with Gasteiger partial charge in [0.05, 0.1) is 0 Å². The van der Waals surface area contributed by atoms with Crippen LogP contribution in [0.1, 0.15) is 26.7 Å². The van der Waals surface area contributed by atoms with Gasteiger partial charge in [-0.05, 0) is 26.7 Å². The van der Waals surface area contributed by atoms with Crippen LogP contribution in [0.2, 0.25) is 0 Å². The Morgan fingerprint density at radius 1 is 1.06 bits per heavy atom. The lowest BCUT2D eigenvalue weighted by Gasteiger charge is -2.16. The highest BCUT2D eigenvalue weighted by molar-refractivity contribution is 6.03. The molecular weight excluding hydrogens is 236 g/mol. The molecule has 4 N–H and O–H groups in total. The van der Waals surface area contributed by atoms with E-state index in [0.29, 0.717) is 12.8 Å². The van der Waals surface area contributed by atoms with E-state index < -0.39 is 29.8 Å². The van der Waals surface area contributed by atoms with Crippen LogP contribution in [0.4, 0.5) is 0 Å². The third-order valence-electron chi connectivity index (χ3n) is 2.12. The van der Waals surface area contributed by atoms with Gasteiger partial charge in [-0.25, -0.2) is 0 Å². The molecule has 2 atom stereocenters. The first-order valence-electron chi connectivity index (χ1n) is 4.82. The lowest BCUT2D eigenvalue weighted by molar-refractivity contribution is -0.169. The molecule has 2 unspecified atom stereocenters. The molecule has 1 aliphatic rings. The zero-order valence-corrected chi connectivity index (χ0v) is 10.1. The summed E-state index contributed by atoms with van der Waals surface area (Å²) < 4.78 is 9.55. The molecule has 0 bridgehead atoms. The molecule has 0 saturated heterocycles. The Balaban J connectivity index is 0.00000225. The number of rotatable bonds is 4.